The first kappa shape index (κ1) is 17.5. The third-order valence-corrected chi connectivity index (χ3v) is 4.66. The Hall–Kier alpha value is -0.520. The highest BCUT2D eigenvalue weighted by atomic mass is 79.9. The van der Waals surface area contributed by atoms with Crippen LogP contribution in [0.5, 0.6) is 5.75 Å². The second-order valence-electron chi connectivity index (χ2n) is 4.71. The molecular formula is C15H22BrNO2S. The van der Waals surface area contributed by atoms with E-state index >= 15 is 0 Å². The van der Waals surface area contributed by atoms with Gasteiger partial charge in [0.2, 0.25) is 0 Å². The fraction of sp³-hybridized carbons (Fsp3) is 0.533. The van der Waals surface area contributed by atoms with Crippen molar-refractivity contribution in [3.05, 3.63) is 28.2 Å². The molecule has 0 amide bonds. The van der Waals surface area contributed by atoms with Crippen molar-refractivity contribution in [1.82, 2.24) is 4.90 Å². The van der Waals surface area contributed by atoms with Crippen LogP contribution < -0.4 is 4.74 Å². The van der Waals surface area contributed by atoms with Gasteiger partial charge in [0.1, 0.15) is 5.75 Å². The molecule has 0 fully saturated rings. The predicted molar refractivity (Wildman–Crippen MR) is 90.1 cm³/mol. The number of methoxy groups -OCH3 is 1. The number of likely N-dealkylation sites (N-methyl/N-ethyl adjacent to an activating group) is 1. The molecule has 1 aromatic rings. The summed E-state index contributed by atoms with van der Waals surface area (Å²) < 4.78 is 5.99. The van der Waals surface area contributed by atoms with Gasteiger partial charge in [0.15, 0.2) is 5.78 Å². The zero-order chi connectivity index (χ0) is 15.1. The van der Waals surface area contributed by atoms with E-state index in [1.165, 1.54) is 0 Å². The lowest BCUT2D eigenvalue weighted by molar-refractivity contribution is 0.0925. The number of hydrogen-bond donors (Lipinski definition) is 0. The number of benzene rings is 1. The highest BCUT2D eigenvalue weighted by Gasteiger charge is 2.17. The molecule has 20 heavy (non-hydrogen) atoms. The monoisotopic (exact) mass is 359 g/mol. The Labute approximate surface area is 134 Å². The number of rotatable bonds is 8. The molecule has 0 heterocycles. The Balaban J connectivity index is 2.73. The highest BCUT2D eigenvalue weighted by molar-refractivity contribution is 9.10. The molecule has 1 atom stereocenters. The average molecular weight is 360 g/mol. The van der Waals surface area contributed by atoms with Crippen LogP contribution in [0.1, 0.15) is 23.7 Å². The molecule has 1 aromatic carbocycles. The van der Waals surface area contributed by atoms with E-state index in [1.54, 1.807) is 7.11 Å². The van der Waals surface area contributed by atoms with Crippen molar-refractivity contribution in [2.75, 3.05) is 32.7 Å². The average Bonchev–Trinajstić information content (AvgIpc) is 2.44. The predicted octanol–water partition coefficient (Wildman–Crippen LogP) is 3.71. The normalized spacial score (nSPS) is 12.5. The summed E-state index contributed by atoms with van der Waals surface area (Å²) in [7, 11) is 3.63. The van der Waals surface area contributed by atoms with Crippen LogP contribution in [-0.2, 0) is 0 Å². The van der Waals surface area contributed by atoms with Crippen molar-refractivity contribution in [2.24, 2.45) is 0 Å². The number of carbonyl (C=O) groups excluding carboxylic acids is 1. The van der Waals surface area contributed by atoms with Crippen LogP contribution in [0, 0.1) is 0 Å². The van der Waals surface area contributed by atoms with Crippen molar-refractivity contribution < 1.29 is 9.53 Å². The summed E-state index contributed by atoms with van der Waals surface area (Å²) in [5.41, 5.74) is 0.712. The lowest BCUT2D eigenvalue weighted by Gasteiger charge is -2.25. The van der Waals surface area contributed by atoms with Crippen molar-refractivity contribution in [1.29, 1.82) is 0 Å². The van der Waals surface area contributed by atoms with Crippen LogP contribution >= 0.6 is 27.7 Å². The summed E-state index contributed by atoms with van der Waals surface area (Å²) in [6.45, 7) is 2.60. The van der Waals surface area contributed by atoms with Gasteiger partial charge < -0.3 is 4.74 Å². The summed E-state index contributed by atoms with van der Waals surface area (Å²) >= 11 is 5.23. The number of ether oxygens (including phenoxy) is 1. The number of ketones is 1. The number of nitrogens with zero attached hydrogens (tertiary/aromatic N) is 1. The minimum Gasteiger partial charge on any atom is -0.496 e. The molecule has 112 valence electrons. The molecule has 0 spiro atoms. The van der Waals surface area contributed by atoms with Crippen LogP contribution in [-0.4, -0.2) is 49.4 Å². The molecule has 0 N–H and O–H groups in total. The van der Waals surface area contributed by atoms with Gasteiger partial charge >= 0.3 is 0 Å². The molecule has 1 unspecified atom stereocenters. The smallest absolute Gasteiger partial charge is 0.176 e. The van der Waals surface area contributed by atoms with Gasteiger partial charge in [-0.15, -0.1) is 0 Å². The number of Topliss-reactive ketones (excluding diaryl/α,β-unsaturated/α-hetero) is 1. The third kappa shape index (κ3) is 4.79. The topological polar surface area (TPSA) is 29.5 Å². The Morgan fingerprint density at radius 3 is 2.70 bits per heavy atom. The number of hydrogen-bond acceptors (Lipinski definition) is 4. The van der Waals surface area contributed by atoms with Gasteiger partial charge in [-0.3, -0.25) is 9.69 Å². The number of thioether (sulfide) groups is 1. The maximum Gasteiger partial charge on any atom is 0.176 e. The fourth-order valence-corrected chi connectivity index (χ4v) is 3.45. The molecule has 3 nitrogen and oxygen atoms in total. The van der Waals surface area contributed by atoms with E-state index in [2.05, 4.69) is 34.0 Å². The number of halogens is 1. The molecule has 0 aromatic heterocycles. The van der Waals surface area contributed by atoms with Crippen LogP contribution in [0.3, 0.4) is 0 Å². The minimum absolute atomic E-state index is 0.135. The summed E-state index contributed by atoms with van der Waals surface area (Å²) in [5.74, 6) is 1.92. The maximum atomic E-state index is 12.3. The molecule has 0 aliphatic rings. The largest absolute Gasteiger partial charge is 0.496 e. The molecule has 0 saturated heterocycles. The van der Waals surface area contributed by atoms with Gasteiger partial charge in [0, 0.05) is 17.4 Å². The zero-order valence-electron chi connectivity index (χ0n) is 12.5. The van der Waals surface area contributed by atoms with E-state index < -0.39 is 0 Å². The van der Waals surface area contributed by atoms with E-state index in [0.717, 1.165) is 22.4 Å². The second kappa shape index (κ2) is 8.70. The van der Waals surface area contributed by atoms with Crippen molar-refractivity contribution in [3.63, 3.8) is 0 Å². The second-order valence-corrected chi connectivity index (χ2v) is 6.47. The van der Waals surface area contributed by atoms with Crippen LogP contribution in [0.2, 0.25) is 0 Å². The quantitative estimate of drug-likeness (QED) is 0.661. The third-order valence-electron chi connectivity index (χ3n) is 3.32. The Bertz CT molecular complexity index is 453. The van der Waals surface area contributed by atoms with Gasteiger partial charge in [-0.25, -0.2) is 0 Å². The van der Waals surface area contributed by atoms with Crippen molar-refractivity contribution in [2.45, 2.75) is 19.4 Å². The SMILES string of the molecule is CCC(CSC)N(C)CC(=O)c1ccc(OC)c(Br)c1. The highest BCUT2D eigenvalue weighted by Crippen LogP contribution is 2.25. The van der Waals surface area contributed by atoms with Gasteiger partial charge in [-0.05, 0) is 53.9 Å². The summed E-state index contributed by atoms with van der Waals surface area (Å²) in [4.78, 5) is 14.5. The van der Waals surface area contributed by atoms with E-state index in [-0.39, 0.29) is 5.78 Å². The first-order chi connectivity index (χ1) is 9.53. The van der Waals surface area contributed by atoms with Gasteiger partial charge in [-0.2, -0.15) is 11.8 Å². The van der Waals surface area contributed by atoms with E-state index in [9.17, 15) is 4.79 Å². The van der Waals surface area contributed by atoms with Crippen LogP contribution in [0.4, 0.5) is 0 Å². The molecule has 5 heteroatoms. The molecule has 0 saturated carbocycles. The molecule has 0 aliphatic carbocycles. The first-order valence-corrected chi connectivity index (χ1v) is 8.78. The number of carbonyl (C=O) groups is 1. The first-order valence-electron chi connectivity index (χ1n) is 6.59. The molecule has 1 rings (SSSR count). The Morgan fingerprint density at radius 1 is 1.50 bits per heavy atom. The summed E-state index contributed by atoms with van der Waals surface area (Å²) in [6, 6.07) is 5.90. The summed E-state index contributed by atoms with van der Waals surface area (Å²) in [6.07, 6.45) is 3.15. The van der Waals surface area contributed by atoms with Gasteiger partial charge in [0.25, 0.3) is 0 Å². The van der Waals surface area contributed by atoms with Gasteiger partial charge in [-0.1, -0.05) is 6.92 Å². The van der Waals surface area contributed by atoms with E-state index in [0.29, 0.717) is 18.2 Å². The van der Waals surface area contributed by atoms with E-state index in [1.807, 2.05) is 37.0 Å². The molecule has 0 radical (unpaired) electrons. The standard InChI is InChI=1S/C15H22BrNO2S/c1-5-12(10-20-4)17(2)9-14(18)11-6-7-15(19-3)13(16)8-11/h6-8,12H,5,9-10H2,1-4H3. The van der Waals surface area contributed by atoms with Crippen molar-refractivity contribution in [3.8, 4) is 5.75 Å². The maximum absolute atomic E-state index is 12.3. The van der Waals surface area contributed by atoms with Crippen LogP contribution in [0.15, 0.2) is 22.7 Å². The molecule has 0 aliphatic heterocycles. The molecular weight excluding hydrogens is 338 g/mol. The fourth-order valence-electron chi connectivity index (χ4n) is 2.04. The van der Waals surface area contributed by atoms with Crippen molar-refractivity contribution >= 4 is 33.5 Å². The molecule has 0 bridgehead atoms. The Morgan fingerprint density at radius 2 is 2.20 bits per heavy atom. The van der Waals surface area contributed by atoms with E-state index in [4.69, 9.17) is 4.74 Å². The summed E-state index contributed by atoms with van der Waals surface area (Å²) in [5, 5.41) is 0. The lowest BCUT2D eigenvalue weighted by atomic mass is 10.1. The zero-order valence-corrected chi connectivity index (χ0v) is 14.9. The Kier molecular flexibility index (Phi) is 7.62. The lowest BCUT2D eigenvalue weighted by Crippen LogP contribution is -2.37. The van der Waals surface area contributed by atoms with Crippen LogP contribution in [0.25, 0.3) is 0 Å². The minimum atomic E-state index is 0.135. The van der Waals surface area contributed by atoms with Gasteiger partial charge in [0.05, 0.1) is 18.1 Å².